The molecular formula is C19H17N3O3. The van der Waals surface area contributed by atoms with Crippen molar-refractivity contribution in [3.8, 4) is 11.8 Å². The van der Waals surface area contributed by atoms with Crippen LogP contribution in [-0.4, -0.2) is 26.0 Å². The van der Waals surface area contributed by atoms with Crippen molar-refractivity contribution in [2.75, 3.05) is 19.5 Å². The van der Waals surface area contributed by atoms with Crippen LogP contribution in [0.2, 0.25) is 0 Å². The largest absolute Gasteiger partial charge is 0.495 e. The highest BCUT2D eigenvalue weighted by atomic mass is 16.5. The predicted octanol–water partition coefficient (Wildman–Crippen LogP) is 2.60. The molecule has 0 fully saturated rings. The molecule has 0 bridgehead atoms. The van der Waals surface area contributed by atoms with Gasteiger partial charge in [-0.1, -0.05) is 24.3 Å². The second-order valence-electron chi connectivity index (χ2n) is 5.03. The number of nitrogens with zero attached hydrogens (tertiary/aromatic N) is 1. The lowest BCUT2D eigenvalue weighted by Crippen LogP contribution is -2.17. The molecule has 2 amide bonds. The zero-order valence-electron chi connectivity index (χ0n) is 13.9. The Hall–Kier alpha value is -3.59. The van der Waals surface area contributed by atoms with Crippen LogP contribution < -0.4 is 15.4 Å². The smallest absolute Gasteiger partial charge is 0.266 e. The summed E-state index contributed by atoms with van der Waals surface area (Å²) in [5.41, 5.74) is 1.56. The number of hydrogen-bond donors (Lipinski definition) is 2. The van der Waals surface area contributed by atoms with Gasteiger partial charge in [0.25, 0.3) is 11.8 Å². The molecule has 2 N–H and O–H groups in total. The number of carbonyl (C=O) groups is 2. The van der Waals surface area contributed by atoms with Crippen molar-refractivity contribution in [1.29, 1.82) is 5.26 Å². The first-order valence-electron chi connectivity index (χ1n) is 7.47. The SMILES string of the molecule is CNC(=O)c1ccc(C=C(C#N)C(=O)Nc2ccccc2OC)cc1. The van der Waals surface area contributed by atoms with Crippen molar-refractivity contribution in [2.45, 2.75) is 0 Å². The van der Waals surface area contributed by atoms with Gasteiger partial charge in [0.05, 0.1) is 12.8 Å². The molecule has 0 aliphatic carbocycles. The number of carbonyl (C=O) groups excluding carboxylic acids is 2. The van der Waals surface area contributed by atoms with E-state index in [-0.39, 0.29) is 11.5 Å². The van der Waals surface area contributed by atoms with Crippen molar-refractivity contribution in [2.24, 2.45) is 0 Å². The van der Waals surface area contributed by atoms with Gasteiger partial charge < -0.3 is 15.4 Å². The van der Waals surface area contributed by atoms with Gasteiger partial charge in [-0.25, -0.2) is 0 Å². The number of nitriles is 1. The normalized spacial score (nSPS) is 10.5. The summed E-state index contributed by atoms with van der Waals surface area (Å²) in [6, 6.07) is 15.4. The van der Waals surface area contributed by atoms with Gasteiger partial charge in [0.1, 0.15) is 17.4 Å². The molecule has 0 unspecified atom stereocenters. The van der Waals surface area contributed by atoms with Gasteiger partial charge in [-0.3, -0.25) is 9.59 Å². The molecule has 0 aliphatic rings. The summed E-state index contributed by atoms with van der Waals surface area (Å²) in [5, 5.41) is 14.4. The molecule has 2 aromatic carbocycles. The molecule has 0 radical (unpaired) electrons. The van der Waals surface area contributed by atoms with Crippen molar-refractivity contribution < 1.29 is 14.3 Å². The predicted molar refractivity (Wildman–Crippen MR) is 95.0 cm³/mol. The van der Waals surface area contributed by atoms with Crippen LogP contribution in [0.15, 0.2) is 54.1 Å². The molecule has 0 aromatic heterocycles. The molecule has 6 nitrogen and oxygen atoms in total. The first kappa shape index (κ1) is 17.8. The van der Waals surface area contributed by atoms with E-state index in [1.165, 1.54) is 13.2 Å². The molecule has 0 saturated carbocycles. The number of ether oxygens (including phenoxy) is 1. The molecule has 25 heavy (non-hydrogen) atoms. The number of rotatable bonds is 5. The molecule has 2 aromatic rings. The van der Waals surface area contributed by atoms with E-state index in [0.717, 1.165) is 0 Å². The van der Waals surface area contributed by atoms with Gasteiger partial charge >= 0.3 is 0 Å². The number of hydrogen-bond acceptors (Lipinski definition) is 4. The molecule has 6 heteroatoms. The summed E-state index contributed by atoms with van der Waals surface area (Å²) >= 11 is 0. The van der Waals surface area contributed by atoms with E-state index in [1.807, 2.05) is 6.07 Å². The van der Waals surface area contributed by atoms with Crippen LogP contribution in [0.1, 0.15) is 15.9 Å². The maximum atomic E-state index is 12.3. The Morgan fingerprint density at radius 3 is 2.40 bits per heavy atom. The van der Waals surface area contributed by atoms with Gasteiger partial charge in [-0.2, -0.15) is 5.26 Å². The minimum absolute atomic E-state index is 0.0569. The van der Waals surface area contributed by atoms with Gasteiger partial charge in [-0.05, 0) is 35.9 Å². The fourth-order valence-electron chi connectivity index (χ4n) is 2.13. The van der Waals surface area contributed by atoms with Crippen LogP contribution in [0.25, 0.3) is 6.08 Å². The van der Waals surface area contributed by atoms with E-state index < -0.39 is 5.91 Å². The third kappa shape index (κ3) is 4.45. The molecular weight excluding hydrogens is 318 g/mol. The van der Waals surface area contributed by atoms with Gasteiger partial charge in [0, 0.05) is 12.6 Å². The maximum absolute atomic E-state index is 12.3. The summed E-state index contributed by atoms with van der Waals surface area (Å²) in [5.74, 6) is -0.240. The van der Waals surface area contributed by atoms with E-state index >= 15 is 0 Å². The number of para-hydroxylation sites is 2. The minimum atomic E-state index is -0.539. The Labute approximate surface area is 145 Å². The highest BCUT2D eigenvalue weighted by molar-refractivity contribution is 6.10. The van der Waals surface area contributed by atoms with E-state index in [4.69, 9.17) is 4.74 Å². The lowest BCUT2D eigenvalue weighted by Gasteiger charge is -2.09. The van der Waals surface area contributed by atoms with Crippen molar-refractivity contribution in [3.05, 3.63) is 65.2 Å². The summed E-state index contributed by atoms with van der Waals surface area (Å²) in [6.45, 7) is 0. The van der Waals surface area contributed by atoms with Crippen molar-refractivity contribution >= 4 is 23.6 Å². The summed E-state index contributed by atoms with van der Waals surface area (Å²) in [6.07, 6.45) is 1.46. The first-order valence-corrected chi connectivity index (χ1v) is 7.47. The summed E-state index contributed by atoms with van der Waals surface area (Å²) < 4.78 is 5.17. The number of amides is 2. The number of methoxy groups -OCH3 is 1. The zero-order valence-corrected chi connectivity index (χ0v) is 13.9. The van der Waals surface area contributed by atoms with E-state index in [0.29, 0.717) is 22.6 Å². The molecule has 0 atom stereocenters. The fourth-order valence-corrected chi connectivity index (χ4v) is 2.13. The lowest BCUT2D eigenvalue weighted by molar-refractivity contribution is -0.112. The van der Waals surface area contributed by atoms with E-state index in [1.54, 1.807) is 55.6 Å². The quantitative estimate of drug-likeness (QED) is 0.649. The van der Waals surface area contributed by atoms with Crippen LogP contribution in [-0.2, 0) is 4.79 Å². The minimum Gasteiger partial charge on any atom is -0.495 e. The average molecular weight is 335 g/mol. The fraction of sp³-hybridized carbons (Fsp3) is 0.105. The van der Waals surface area contributed by atoms with Gasteiger partial charge in [0.15, 0.2) is 0 Å². The Morgan fingerprint density at radius 2 is 1.80 bits per heavy atom. The molecule has 0 saturated heterocycles. The lowest BCUT2D eigenvalue weighted by atomic mass is 10.1. The Kier molecular flexibility index (Phi) is 5.91. The monoisotopic (exact) mass is 335 g/mol. The second kappa shape index (κ2) is 8.31. The standard InChI is InChI=1S/C19H17N3O3/c1-21-18(23)14-9-7-13(8-10-14)11-15(12-20)19(24)22-16-5-3-4-6-17(16)25-2/h3-11H,1-2H3,(H,21,23)(H,22,24). The highest BCUT2D eigenvalue weighted by Gasteiger charge is 2.12. The molecule has 126 valence electrons. The topological polar surface area (TPSA) is 91.2 Å². The van der Waals surface area contributed by atoms with Crippen molar-refractivity contribution in [3.63, 3.8) is 0 Å². The van der Waals surface area contributed by atoms with Crippen LogP contribution >= 0.6 is 0 Å². The molecule has 2 rings (SSSR count). The molecule has 0 heterocycles. The number of benzene rings is 2. The third-order valence-corrected chi connectivity index (χ3v) is 3.43. The first-order chi connectivity index (χ1) is 12.1. The van der Waals surface area contributed by atoms with Crippen LogP contribution in [0, 0.1) is 11.3 Å². The van der Waals surface area contributed by atoms with E-state index in [2.05, 4.69) is 10.6 Å². The maximum Gasteiger partial charge on any atom is 0.266 e. The summed E-state index contributed by atoms with van der Waals surface area (Å²) in [4.78, 5) is 23.8. The highest BCUT2D eigenvalue weighted by Crippen LogP contribution is 2.23. The van der Waals surface area contributed by atoms with Gasteiger partial charge in [0.2, 0.25) is 0 Å². The Bertz CT molecular complexity index is 849. The van der Waals surface area contributed by atoms with Crippen LogP contribution in [0.5, 0.6) is 5.75 Å². The van der Waals surface area contributed by atoms with Gasteiger partial charge in [-0.15, -0.1) is 0 Å². The number of nitrogens with one attached hydrogen (secondary N) is 2. The Balaban J connectivity index is 2.20. The zero-order chi connectivity index (χ0) is 18.2. The van der Waals surface area contributed by atoms with Crippen LogP contribution in [0.3, 0.4) is 0 Å². The third-order valence-electron chi connectivity index (χ3n) is 3.43. The summed E-state index contributed by atoms with van der Waals surface area (Å²) in [7, 11) is 3.05. The Morgan fingerprint density at radius 1 is 1.12 bits per heavy atom. The van der Waals surface area contributed by atoms with E-state index in [9.17, 15) is 14.9 Å². The van der Waals surface area contributed by atoms with Crippen molar-refractivity contribution in [1.82, 2.24) is 5.32 Å². The molecule has 0 aliphatic heterocycles. The average Bonchev–Trinajstić information content (AvgIpc) is 2.66. The molecule has 0 spiro atoms. The second-order valence-corrected chi connectivity index (χ2v) is 5.03. The number of anilines is 1. The van der Waals surface area contributed by atoms with Crippen LogP contribution in [0.4, 0.5) is 5.69 Å².